The van der Waals surface area contributed by atoms with Crippen LogP contribution in [0.15, 0.2) is 29.2 Å². The van der Waals surface area contributed by atoms with Gasteiger partial charge < -0.3 is 10.1 Å². The molecule has 1 saturated heterocycles. The van der Waals surface area contributed by atoms with E-state index in [4.69, 9.17) is 4.74 Å². The smallest absolute Gasteiger partial charge is 0.0617 e. The number of thioether (sulfide) groups is 1. The molecule has 2 atom stereocenters. The van der Waals surface area contributed by atoms with Crippen LogP contribution in [-0.2, 0) is 4.74 Å². The van der Waals surface area contributed by atoms with Crippen molar-refractivity contribution >= 4 is 17.4 Å². The minimum absolute atomic E-state index is 0.404. The fourth-order valence-electron chi connectivity index (χ4n) is 2.35. The van der Waals surface area contributed by atoms with Gasteiger partial charge in [-0.15, -0.1) is 11.8 Å². The van der Waals surface area contributed by atoms with Crippen LogP contribution in [-0.4, -0.2) is 25.0 Å². The van der Waals surface area contributed by atoms with Crippen LogP contribution in [0.4, 0.5) is 5.69 Å². The molecule has 3 heteroatoms. The number of hydrogen-bond acceptors (Lipinski definition) is 3. The molecule has 2 nitrogen and oxygen atoms in total. The highest BCUT2D eigenvalue weighted by molar-refractivity contribution is 7.98. The summed E-state index contributed by atoms with van der Waals surface area (Å²) in [5, 5.41) is 3.63. The van der Waals surface area contributed by atoms with Gasteiger partial charge in [0.1, 0.15) is 0 Å². The lowest BCUT2D eigenvalue weighted by Crippen LogP contribution is -2.36. The van der Waals surface area contributed by atoms with Crippen molar-refractivity contribution in [3.8, 4) is 0 Å². The van der Waals surface area contributed by atoms with E-state index in [-0.39, 0.29) is 0 Å². The zero-order valence-electron chi connectivity index (χ0n) is 11.5. The van der Waals surface area contributed by atoms with Crippen LogP contribution in [0, 0.1) is 5.92 Å². The van der Waals surface area contributed by atoms with Gasteiger partial charge in [0.15, 0.2) is 0 Å². The molecule has 1 N–H and O–H groups in total. The molecule has 0 amide bonds. The Kier molecular flexibility index (Phi) is 4.95. The van der Waals surface area contributed by atoms with Crippen molar-refractivity contribution < 1.29 is 4.74 Å². The highest BCUT2D eigenvalue weighted by Gasteiger charge is 2.24. The molecule has 1 aliphatic heterocycles. The monoisotopic (exact) mass is 265 g/mol. The molecular weight excluding hydrogens is 242 g/mol. The molecule has 1 fully saturated rings. The van der Waals surface area contributed by atoms with Gasteiger partial charge >= 0.3 is 0 Å². The van der Waals surface area contributed by atoms with Gasteiger partial charge in [0.25, 0.3) is 0 Å². The molecule has 0 aliphatic carbocycles. The summed E-state index contributed by atoms with van der Waals surface area (Å²) in [7, 11) is 0. The summed E-state index contributed by atoms with van der Waals surface area (Å²) in [6, 6.07) is 9.24. The maximum absolute atomic E-state index is 5.80. The Morgan fingerprint density at radius 3 is 2.61 bits per heavy atom. The largest absolute Gasteiger partial charge is 0.382 e. The normalized spacial score (nSPS) is 24.2. The summed E-state index contributed by atoms with van der Waals surface area (Å²) < 4.78 is 5.80. The van der Waals surface area contributed by atoms with E-state index in [1.54, 1.807) is 11.8 Å². The summed E-state index contributed by atoms with van der Waals surface area (Å²) in [5.41, 5.74) is 1.22. The number of rotatable bonds is 4. The van der Waals surface area contributed by atoms with Crippen molar-refractivity contribution in [2.45, 2.75) is 43.7 Å². The highest BCUT2D eigenvalue weighted by atomic mass is 32.2. The van der Waals surface area contributed by atoms with Gasteiger partial charge in [0.05, 0.1) is 6.10 Å². The quantitative estimate of drug-likeness (QED) is 0.831. The topological polar surface area (TPSA) is 21.3 Å². The molecule has 1 heterocycles. The van der Waals surface area contributed by atoms with Gasteiger partial charge in [0, 0.05) is 23.2 Å². The first-order valence-electron chi connectivity index (χ1n) is 6.71. The molecule has 1 aromatic rings. The van der Waals surface area contributed by atoms with Gasteiger partial charge in [0.2, 0.25) is 0 Å². The summed E-state index contributed by atoms with van der Waals surface area (Å²) in [5.74, 6) is 0.605. The summed E-state index contributed by atoms with van der Waals surface area (Å²) >= 11 is 1.78. The minimum Gasteiger partial charge on any atom is -0.382 e. The van der Waals surface area contributed by atoms with Crippen molar-refractivity contribution in [2.24, 2.45) is 5.92 Å². The van der Waals surface area contributed by atoms with Gasteiger partial charge in [-0.2, -0.15) is 0 Å². The third-order valence-corrected chi connectivity index (χ3v) is 4.26. The van der Waals surface area contributed by atoms with E-state index >= 15 is 0 Å². The van der Waals surface area contributed by atoms with Crippen LogP contribution in [0.5, 0.6) is 0 Å². The number of anilines is 1. The Labute approximate surface area is 114 Å². The SMILES string of the molecule is CSc1ccc(NC2CCOC(C(C)C)C2)cc1. The van der Waals surface area contributed by atoms with E-state index in [1.165, 1.54) is 10.6 Å². The molecular formula is C15H23NOS. The third-order valence-electron chi connectivity index (χ3n) is 3.52. The second kappa shape index (κ2) is 6.48. The number of nitrogens with one attached hydrogen (secondary N) is 1. The average Bonchev–Trinajstić information content (AvgIpc) is 2.40. The van der Waals surface area contributed by atoms with Gasteiger partial charge in [-0.1, -0.05) is 13.8 Å². The fourth-order valence-corrected chi connectivity index (χ4v) is 2.75. The summed E-state index contributed by atoms with van der Waals surface area (Å²) in [6.45, 7) is 5.35. The maximum atomic E-state index is 5.80. The fraction of sp³-hybridized carbons (Fsp3) is 0.600. The van der Waals surface area contributed by atoms with E-state index in [1.807, 2.05) is 0 Å². The molecule has 0 aromatic heterocycles. The predicted octanol–water partition coefficient (Wildman–Crippen LogP) is 4.02. The standard InChI is InChI=1S/C15H23NOS/c1-11(2)15-10-13(8-9-17-15)16-12-4-6-14(18-3)7-5-12/h4-7,11,13,15-16H,8-10H2,1-3H3. The van der Waals surface area contributed by atoms with Crippen LogP contribution in [0.1, 0.15) is 26.7 Å². The van der Waals surface area contributed by atoms with Gasteiger partial charge in [-0.05, 0) is 49.3 Å². The van der Waals surface area contributed by atoms with Crippen molar-refractivity contribution in [1.82, 2.24) is 0 Å². The van der Waals surface area contributed by atoms with E-state index < -0.39 is 0 Å². The third kappa shape index (κ3) is 3.66. The molecule has 2 unspecified atom stereocenters. The van der Waals surface area contributed by atoms with Gasteiger partial charge in [-0.3, -0.25) is 0 Å². The van der Waals surface area contributed by atoms with Crippen molar-refractivity contribution in [3.05, 3.63) is 24.3 Å². The van der Waals surface area contributed by atoms with Crippen molar-refractivity contribution in [3.63, 3.8) is 0 Å². The Morgan fingerprint density at radius 1 is 1.28 bits per heavy atom. The lowest BCUT2D eigenvalue weighted by atomic mass is 9.95. The lowest BCUT2D eigenvalue weighted by Gasteiger charge is -2.33. The molecule has 0 saturated carbocycles. The molecule has 1 aromatic carbocycles. The van der Waals surface area contributed by atoms with Crippen molar-refractivity contribution in [2.75, 3.05) is 18.2 Å². The Morgan fingerprint density at radius 2 is 2.00 bits per heavy atom. The Bertz CT molecular complexity index is 363. The maximum Gasteiger partial charge on any atom is 0.0617 e. The second-order valence-electron chi connectivity index (χ2n) is 5.25. The first-order chi connectivity index (χ1) is 8.69. The zero-order valence-corrected chi connectivity index (χ0v) is 12.3. The highest BCUT2D eigenvalue weighted by Crippen LogP contribution is 2.24. The number of ether oxygens (including phenoxy) is 1. The number of benzene rings is 1. The van der Waals surface area contributed by atoms with E-state index in [2.05, 4.69) is 49.7 Å². The van der Waals surface area contributed by atoms with E-state index in [0.717, 1.165) is 19.4 Å². The van der Waals surface area contributed by atoms with Crippen LogP contribution in [0.2, 0.25) is 0 Å². The lowest BCUT2D eigenvalue weighted by molar-refractivity contribution is -0.0160. The predicted molar refractivity (Wildman–Crippen MR) is 79.4 cm³/mol. The first-order valence-corrected chi connectivity index (χ1v) is 7.93. The summed E-state index contributed by atoms with van der Waals surface area (Å²) in [4.78, 5) is 1.31. The van der Waals surface area contributed by atoms with Crippen molar-refractivity contribution in [1.29, 1.82) is 0 Å². The molecule has 100 valence electrons. The molecule has 0 radical (unpaired) electrons. The van der Waals surface area contributed by atoms with Crippen LogP contribution in [0.3, 0.4) is 0 Å². The minimum atomic E-state index is 0.404. The van der Waals surface area contributed by atoms with E-state index in [9.17, 15) is 0 Å². The van der Waals surface area contributed by atoms with Crippen LogP contribution in [0.25, 0.3) is 0 Å². The number of hydrogen-bond donors (Lipinski definition) is 1. The van der Waals surface area contributed by atoms with E-state index in [0.29, 0.717) is 18.1 Å². The first kappa shape index (κ1) is 13.8. The summed E-state index contributed by atoms with van der Waals surface area (Å²) in [6.07, 6.45) is 4.73. The molecule has 1 aliphatic rings. The van der Waals surface area contributed by atoms with Gasteiger partial charge in [-0.25, -0.2) is 0 Å². The van der Waals surface area contributed by atoms with Crippen LogP contribution < -0.4 is 5.32 Å². The average molecular weight is 265 g/mol. The molecule has 0 bridgehead atoms. The van der Waals surface area contributed by atoms with Crippen LogP contribution >= 0.6 is 11.8 Å². The molecule has 2 rings (SSSR count). The molecule has 0 spiro atoms. The second-order valence-corrected chi connectivity index (χ2v) is 6.13. The zero-order chi connectivity index (χ0) is 13.0. The molecule has 18 heavy (non-hydrogen) atoms. The Hall–Kier alpha value is -0.670. The Balaban J connectivity index is 1.91.